The number of carbonyl (C=O) groups excluding carboxylic acids is 1. The number of carbonyl (C=O) groups is 5. The predicted octanol–water partition coefficient (Wildman–Crippen LogP) is -2.55. The second-order valence-electron chi connectivity index (χ2n) is 7.82. The average Bonchev–Trinajstić information content (AvgIpc) is 3.49. The Morgan fingerprint density at radius 3 is 1.40 bits per heavy atom. The fraction of sp³-hybridized carbons (Fsp3) is 0.750. The van der Waals surface area contributed by atoms with Crippen LogP contribution in [0.4, 0.5) is 0 Å². The van der Waals surface area contributed by atoms with E-state index in [1.807, 2.05) is 0 Å². The molecule has 0 bridgehead atoms. The number of nitrogens with two attached hydrogens (primary N) is 4. The summed E-state index contributed by atoms with van der Waals surface area (Å²) < 4.78 is 0. The second kappa shape index (κ2) is 20.5. The van der Waals surface area contributed by atoms with Gasteiger partial charge in [-0.05, 0) is 58.2 Å². The van der Waals surface area contributed by atoms with Crippen molar-refractivity contribution in [3.05, 3.63) is 0 Å². The molecule has 14 N–H and O–H groups in total. The Bertz CT molecular complexity index is 627. The maximum Gasteiger partial charge on any atom is 0.321 e. The molecule has 2 aliphatic rings. The maximum absolute atomic E-state index is 10.1. The maximum atomic E-state index is 10.1. The number of nitrogens with one attached hydrogen (secondary N) is 2. The lowest BCUT2D eigenvalue weighted by Crippen LogP contribution is -2.34. The number of rotatable bonds is 10. The molecular formula is C20H40N6O9. The van der Waals surface area contributed by atoms with Crippen LogP contribution in [0, 0.1) is 0 Å². The van der Waals surface area contributed by atoms with Gasteiger partial charge in [0.1, 0.15) is 24.2 Å². The van der Waals surface area contributed by atoms with Gasteiger partial charge in [0.25, 0.3) is 0 Å². The van der Waals surface area contributed by atoms with Crippen molar-refractivity contribution in [2.45, 2.75) is 75.5 Å². The number of primary amides is 1. The summed E-state index contributed by atoms with van der Waals surface area (Å²) >= 11 is 0. The summed E-state index contributed by atoms with van der Waals surface area (Å²) in [5, 5.41) is 38.8. The van der Waals surface area contributed by atoms with Crippen LogP contribution in [0.25, 0.3) is 0 Å². The highest BCUT2D eigenvalue weighted by atomic mass is 16.4. The minimum atomic E-state index is -1.21. The highest BCUT2D eigenvalue weighted by molar-refractivity contribution is 5.83. The average molecular weight is 509 g/mol. The lowest BCUT2D eigenvalue weighted by atomic mass is 10.1. The lowest BCUT2D eigenvalue weighted by Gasteiger charge is -2.03. The van der Waals surface area contributed by atoms with Gasteiger partial charge in [0.05, 0.1) is 6.42 Å². The van der Waals surface area contributed by atoms with Gasteiger partial charge in [-0.2, -0.15) is 0 Å². The Hall–Kier alpha value is -2.85. The van der Waals surface area contributed by atoms with Crippen molar-refractivity contribution in [3.63, 3.8) is 0 Å². The molecule has 2 rings (SSSR count). The molecule has 15 heteroatoms. The largest absolute Gasteiger partial charge is 0.480 e. The lowest BCUT2D eigenvalue weighted by molar-refractivity contribution is -0.140. The van der Waals surface area contributed by atoms with E-state index < -0.39 is 41.9 Å². The first-order valence-electron chi connectivity index (χ1n) is 11.2. The van der Waals surface area contributed by atoms with E-state index in [1.165, 1.54) is 0 Å². The van der Waals surface area contributed by atoms with Crippen LogP contribution in [0.15, 0.2) is 0 Å². The van der Waals surface area contributed by atoms with Crippen molar-refractivity contribution < 1.29 is 44.4 Å². The number of carboxylic acids is 4. The highest BCUT2D eigenvalue weighted by Crippen LogP contribution is 2.04. The third-order valence-electron chi connectivity index (χ3n) is 4.74. The summed E-state index contributed by atoms with van der Waals surface area (Å²) in [6, 6.07) is -2.42. The van der Waals surface area contributed by atoms with Crippen molar-refractivity contribution in [3.8, 4) is 0 Å². The van der Waals surface area contributed by atoms with Crippen molar-refractivity contribution >= 4 is 29.8 Å². The molecule has 0 aromatic carbocycles. The summed E-state index contributed by atoms with van der Waals surface area (Å²) in [4.78, 5) is 50.3. The van der Waals surface area contributed by atoms with Crippen LogP contribution in [0.3, 0.4) is 0 Å². The molecule has 0 aromatic rings. The summed E-state index contributed by atoms with van der Waals surface area (Å²) in [6.07, 6.45) is 5.42. The standard InChI is InChI=1S/C6H14N2O2.2C5H9NO2.C4H8N2O3/c7-4-2-1-3-5(8)6(9)10;2*7-5(8)4-2-1-3-6-4;5-2(4(8)9)1-3(6)7/h5H,1-4,7-8H2,(H,9,10);2*4,6H,1-3H2,(H,7,8);2H,1,5H2,(H2,6,7)(H,8,9)/t5-;2*4-;2-/m0000/s1. The Balaban J connectivity index is 0. The van der Waals surface area contributed by atoms with Gasteiger partial charge in [-0.1, -0.05) is 6.42 Å². The van der Waals surface area contributed by atoms with Crippen LogP contribution in [-0.4, -0.2) is 94.0 Å². The van der Waals surface area contributed by atoms with Gasteiger partial charge >= 0.3 is 23.9 Å². The van der Waals surface area contributed by atoms with Crippen molar-refractivity contribution in [2.24, 2.45) is 22.9 Å². The van der Waals surface area contributed by atoms with E-state index in [1.54, 1.807) is 0 Å². The second-order valence-corrected chi connectivity index (χ2v) is 7.82. The number of hydrogen-bond donors (Lipinski definition) is 10. The van der Waals surface area contributed by atoms with Crippen molar-refractivity contribution in [2.75, 3.05) is 19.6 Å². The minimum absolute atomic E-state index is 0.269. The van der Waals surface area contributed by atoms with Crippen LogP contribution in [0.5, 0.6) is 0 Å². The summed E-state index contributed by atoms with van der Waals surface area (Å²) in [7, 11) is 0. The molecule has 2 saturated heterocycles. The molecule has 0 unspecified atom stereocenters. The quantitative estimate of drug-likeness (QED) is 0.136. The molecule has 0 saturated carbocycles. The molecule has 204 valence electrons. The first-order chi connectivity index (χ1) is 16.3. The summed E-state index contributed by atoms with van der Waals surface area (Å²) in [5.74, 6) is -4.29. The van der Waals surface area contributed by atoms with Crippen LogP contribution in [0.1, 0.15) is 51.4 Å². The Labute approximate surface area is 203 Å². The highest BCUT2D eigenvalue weighted by Gasteiger charge is 2.20. The van der Waals surface area contributed by atoms with E-state index >= 15 is 0 Å². The van der Waals surface area contributed by atoms with E-state index in [2.05, 4.69) is 16.4 Å². The molecule has 2 aliphatic heterocycles. The third-order valence-corrected chi connectivity index (χ3v) is 4.74. The van der Waals surface area contributed by atoms with Crippen molar-refractivity contribution in [1.82, 2.24) is 10.6 Å². The van der Waals surface area contributed by atoms with Crippen molar-refractivity contribution in [1.29, 1.82) is 0 Å². The first-order valence-corrected chi connectivity index (χ1v) is 11.2. The molecule has 0 radical (unpaired) electrons. The van der Waals surface area contributed by atoms with Gasteiger partial charge < -0.3 is 54.0 Å². The minimum Gasteiger partial charge on any atom is -0.480 e. The van der Waals surface area contributed by atoms with Gasteiger partial charge in [0.2, 0.25) is 5.91 Å². The monoisotopic (exact) mass is 508 g/mol. The van der Waals surface area contributed by atoms with Gasteiger partial charge in [-0.3, -0.25) is 24.0 Å². The summed E-state index contributed by atoms with van der Waals surface area (Å²) in [5.41, 5.74) is 20.0. The number of aliphatic carboxylic acids is 4. The van der Waals surface area contributed by atoms with Crippen LogP contribution < -0.4 is 33.6 Å². The molecule has 4 atom stereocenters. The zero-order valence-corrected chi connectivity index (χ0v) is 19.7. The molecule has 2 fully saturated rings. The fourth-order valence-electron chi connectivity index (χ4n) is 2.73. The van der Waals surface area contributed by atoms with Crippen LogP contribution >= 0.6 is 0 Å². The SMILES string of the molecule is NC(=O)C[C@H](N)C(=O)O.NCCCC[C@H](N)C(=O)O.O=C(O)[C@@H]1CCCN1.O=C(O)[C@@H]1CCCN1. The molecule has 0 aromatic heterocycles. The molecule has 1 amide bonds. The summed E-state index contributed by atoms with van der Waals surface area (Å²) in [6.45, 7) is 2.32. The number of amides is 1. The van der Waals surface area contributed by atoms with Gasteiger partial charge in [0, 0.05) is 0 Å². The Morgan fingerprint density at radius 2 is 1.20 bits per heavy atom. The predicted molar refractivity (Wildman–Crippen MR) is 125 cm³/mol. The molecule has 2 heterocycles. The van der Waals surface area contributed by atoms with E-state index in [0.29, 0.717) is 13.0 Å². The molecule has 15 nitrogen and oxygen atoms in total. The Morgan fingerprint density at radius 1 is 0.771 bits per heavy atom. The Kier molecular flexibility index (Phi) is 20.1. The normalized spacial score (nSPS) is 19.9. The van der Waals surface area contributed by atoms with E-state index in [4.69, 9.17) is 37.6 Å². The van der Waals surface area contributed by atoms with E-state index in [9.17, 15) is 24.0 Å². The third kappa shape index (κ3) is 20.3. The van der Waals surface area contributed by atoms with Crippen LogP contribution in [-0.2, 0) is 24.0 Å². The molecule has 0 aliphatic carbocycles. The van der Waals surface area contributed by atoms with Gasteiger partial charge in [-0.25, -0.2) is 0 Å². The fourth-order valence-corrected chi connectivity index (χ4v) is 2.73. The van der Waals surface area contributed by atoms with E-state index in [0.717, 1.165) is 51.6 Å². The van der Waals surface area contributed by atoms with Gasteiger partial charge in [0.15, 0.2) is 0 Å². The number of carboxylic acid groups (broad SMARTS) is 4. The van der Waals surface area contributed by atoms with Crippen LogP contribution in [0.2, 0.25) is 0 Å². The topological polar surface area (TPSA) is 294 Å². The van der Waals surface area contributed by atoms with Gasteiger partial charge in [-0.15, -0.1) is 0 Å². The molecule has 0 spiro atoms. The smallest absolute Gasteiger partial charge is 0.321 e. The number of hydrogen-bond acceptors (Lipinski definition) is 10. The number of unbranched alkanes of at least 4 members (excludes halogenated alkanes) is 1. The van der Waals surface area contributed by atoms with E-state index in [-0.39, 0.29) is 18.5 Å². The molecule has 35 heavy (non-hydrogen) atoms. The zero-order valence-electron chi connectivity index (χ0n) is 19.7. The zero-order chi connectivity index (χ0) is 27.4. The molecular weight excluding hydrogens is 468 g/mol. The first kappa shape index (κ1) is 34.3.